The monoisotopic (exact) mass is 258 g/mol. The summed E-state index contributed by atoms with van der Waals surface area (Å²) >= 11 is 0. The number of sulfone groups is 1. The molecule has 0 bridgehead atoms. The molecule has 0 heterocycles. The highest BCUT2D eigenvalue weighted by atomic mass is 32.2. The minimum Gasteiger partial charge on any atom is -0.390 e. The third-order valence-electron chi connectivity index (χ3n) is 2.41. The van der Waals surface area contributed by atoms with Gasteiger partial charge in [0.1, 0.15) is 0 Å². The fourth-order valence-electron chi connectivity index (χ4n) is 1.27. The van der Waals surface area contributed by atoms with E-state index >= 15 is 0 Å². The Hall–Kier alpha value is -1.11. The van der Waals surface area contributed by atoms with Crippen LogP contribution in [-0.4, -0.2) is 38.5 Å². The van der Waals surface area contributed by atoms with Gasteiger partial charge >= 0.3 is 0 Å². The third kappa shape index (κ3) is 3.99. The minimum absolute atomic E-state index is 0.0890. The summed E-state index contributed by atoms with van der Waals surface area (Å²) in [5.41, 5.74) is 6.02. The van der Waals surface area contributed by atoms with E-state index in [-0.39, 0.29) is 12.3 Å². The average Bonchev–Trinajstić information content (AvgIpc) is 2.36. The van der Waals surface area contributed by atoms with Crippen LogP contribution in [0.2, 0.25) is 0 Å². The van der Waals surface area contributed by atoms with Crippen LogP contribution in [0.3, 0.4) is 0 Å². The molecule has 1 rings (SSSR count). The molecule has 17 heavy (non-hydrogen) atoms. The summed E-state index contributed by atoms with van der Waals surface area (Å²) in [6.07, 6.45) is -0.603. The number of hydrogen-bond acceptors (Lipinski definition) is 5. The molecule has 0 saturated carbocycles. The first kappa shape index (κ1) is 14.0. The first-order chi connectivity index (χ1) is 7.99. The van der Waals surface area contributed by atoms with Crippen LogP contribution in [0.4, 0.5) is 5.69 Å². The lowest BCUT2D eigenvalue weighted by atomic mass is 10.3. The first-order valence-electron chi connectivity index (χ1n) is 5.44. The topological polar surface area (TPSA) is 92.4 Å². The van der Waals surface area contributed by atoms with E-state index in [2.05, 4.69) is 5.32 Å². The van der Waals surface area contributed by atoms with Crippen molar-refractivity contribution in [2.45, 2.75) is 17.9 Å². The van der Waals surface area contributed by atoms with Gasteiger partial charge in [-0.05, 0) is 24.3 Å². The maximum atomic E-state index is 11.5. The lowest BCUT2D eigenvalue weighted by Crippen LogP contribution is -2.27. The highest BCUT2D eigenvalue weighted by Gasteiger charge is 2.10. The van der Waals surface area contributed by atoms with Crippen molar-refractivity contribution in [2.75, 3.05) is 24.2 Å². The summed E-state index contributed by atoms with van der Waals surface area (Å²) in [7, 11) is -3.15. The molecule has 1 atom stereocenters. The molecule has 0 spiro atoms. The molecule has 4 N–H and O–H groups in total. The van der Waals surface area contributed by atoms with Gasteiger partial charge in [-0.3, -0.25) is 0 Å². The molecule has 1 aromatic carbocycles. The Morgan fingerprint density at radius 3 is 2.41 bits per heavy atom. The second-order valence-electron chi connectivity index (χ2n) is 3.70. The molecule has 96 valence electrons. The summed E-state index contributed by atoms with van der Waals surface area (Å²) in [5, 5.41) is 12.2. The maximum Gasteiger partial charge on any atom is 0.178 e. The predicted molar refractivity (Wildman–Crippen MR) is 67.7 cm³/mol. The number of nitrogens with two attached hydrogens (primary N) is 1. The van der Waals surface area contributed by atoms with Gasteiger partial charge in [-0.2, -0.15) is 0 Å². The van der Waals surface area contributed by atoms with Crippen molar-refractivity contribution in [1.82, 2.24) is 0 Å². The van der Waals surface area contributed by atoms with Crippen molar-refractivity contribution in [3.8, 4) is 0 Å². The molecule has 0 aliphatic carbocycles. The Kier molecular flexibility index (Phi) is 4.92. The molecule has 5 nitrogen and oxygen atoms in total. The molecule has 1 unspecified atom stereocenters. The van der Waals surface area contributed by atoms with Crippen molar-refractivity contribution >= 4 is 15.5 Å². The van der Waals surface area contributed by atoms with Crippen LogP contribution in [-0.2, 0) is 9.84 Å². The van der Waals surface area contributed by atoms with Crippen molar-refractivity contribution in [1.29, 1.82) is 0 Å². The van der Waals surface area contributed by atoms with Crippen LogP contribution in [0, 0.1) is 0 Å². The van der Waals surface area contributed by atoms with Gasteiger partial charge < -0.3 is 16.2 Å². The van der Waals surface area contributed by atoms with Crippen molar-refractivity contribution in [3.63, 3.8) is 0 Å². The van der Waals surface area contributed by atoms with Gasteiger partial charge in [0, 0.05) is 18.8 Å². The average molecular weight is 258 g/mol. The van der Waals surface area contributed by atoms with E-state index in [1.54, 1.807) is 31.2 Å². The molecule has 0 aromatic heterocycles. The van der Waals surface area contributed by atoms with Crippen molar-refractivity contribution < 1.29 is 13.5 Å². The lowest BCUT2D eigenvalue weighted by Gasteiger charge is -2.11. The van der Waals surface area contributed by atoms with Gasteiger partial charge in [0.15, 0.2) is 9.84 Å². The smallest absolute Gasteiger partial charge is 0.178 e. The maximum absolute atomic E-state index is 11.5. The second kappa shape index (κ2) is 6.00. The predicted octanol–water partition coefficient (Wildman–Crippen LogP) is 0.212. The molecule has 0 aliphatic rings. The minimum atomic E-state index is -3.15. The zero-order chi connectivity index (χ0) is 12.9. The largest absolute Gasteiger partial charge is 0.390 e. The fraction of sp³-hybridized carbons (Fsp3) is 0.455. The van der Waals surface area contributed by atoms with Gasteiger partial charge in [-0.25, -0.2) is 8.42 Å². The summed E-state index contributed by atoms with van der Waals surface area (Å²) in [5.74, 6) is 0.0890. The van der Waals surface area contributed by atoms with Crippen molar-refractivity contribution in [2.24, 2.45) is 5.73 Å². The van der Waals surface area contributed by atoms with Gasteiger partial charge in [-0.15, -0.1) is 0 Å². The summed E-state index contributed by atoms with van der Waals surface area (Å²) in [6, 6.07) is 6.45. The van der Waals surface area contributed by atoms with Crippen molar-refractivity contribution in [3.05, 3.63) is 24.3 Å². The summed E-state index contributed by atoms with van der Waals surface area (Å²) in [4.78, 5) is 0.310. The van der Waals surface area contributed by atoms with E-state index in [0.717, 1.165) is 5.69 Å². The molecule has 0 aliphatic heterocycles. The number of aliphatic hydroxyl groups is 1. The van der Waals surface area contributed by atoms with E-state index < -0.39 is 15.9 Å². The lowest BCUT2D eigenvalue weighted by molar-refractivity contribution is 0.196. The van der Waals surface area contributed by atoms with Crippen LogP contribution >= 0.6 is 0 Å². The number of hydrogen-bond donors (Lipinski definition) is 3. The highest BCUT2D eigenvalue weighted by molar-refractivity contribution is 7.91. The SMILES string of the molecule is CCS(=O)(=O)c1ccc(NCC(O)CN)cc1. The molecule has 1 aromatic rings. The number of rotatable bonds is 6. The molecule has 0 fully saturated rings. The zero-order valence-electron chi connectivity index (χ0n) is 9.76. The van der Waals surface area contributed by atoms with Crippen LogP contribution in [0.15, 0.2) is 29.2 Å². The normalized spacial score (nSPS) is 13.4. The molecule has 0 radical (unpaired) electrons. The van der Waals surface area contributed by atoms with Crippen LogP contribution in [0.25, 0.3) is 0 Å². The number of anilines is 1. The van der Waals surface area contributed by atoms with Crippen LogP contribution < -0.4 is 11.1 Å². The number of benzene rings is 1. The van der Waals surface area contributed by atoms with E-state index in [4.69, 9.17) is 5.73 Å². The molecule has 6 heteroatoms. The van der Waals surface area contributed by atoms with Gasteiger partial charge in [-0.1, -0.05) is 6.92 Å². The highest BCUT2D eigenvalue weighted by Crippen LogP contribution is 2.15. The molecule has 0 saturated heterocycles. The van der Waals surface area contributed by atoms with E-state index in [1.807, 2.05) is 0 Å². The first-order valence-corrected chi connectivity index (χ1v) is 7.09. The number of nitrogens with one attached hydrogen (secondary N) is 1. The summed E-state index contributed by atoms with van der Waals surface area (Å²) in [6.45, 7) is 2.14. The Morgan fingerprint density at radius 2 is 1.94 bits per heavy atom. The number of aliphatic hydroxyl groups excluding tert-OH is 1. The Morgan fingerprint density at radius 1 is 1.35 bits per heavy atom. The van der Waals surface area contributed by atoms with Gasteiger partial charge in [0.05, 0.1) is 16.8 Å². The van der Waals surface area contributed by atoms with E-state index in [1.165, 1.54) is 0 Å². The van der Waals surface area contributed by atoms with Crippen LogP contribution in [0.1, 0.15) is 6.92 Å². The quantitative estimate of drug-likeness (QED) is 0.678. The standard InChI is InChI=1S/C11H18N2O3S/c1-2-17(15,16)11-5-3-9(4-6-11)13-8-10(14)7-12/h3-6,10,13-14H,2,7-8,12H2,1H3. The van der Waals surface area contributed by atoms with Gasteiger partial charge in [0.2, 0.25) is 0 Å². The Labute approximate surface area is 102 Å². The van der Waals surface area contributed by atoms with Crippen LogP contribution in [0.5, 0.6) is 0 Å². The Balaban J connectivity index is 2.69. The molecular weight excluding hydrogens is 240 g/mol. The Bertz CT molecular complexity index is 442. The second-order valence-corrected chi connectivity index (χ2v) is 5.98. The zero-order valence-corrected chi connectivity index (χ0v) is 10.6. The molecular formula is C11H18N2O3S. The van der Waals surface area contributed by atoms with E-state index in [9.17, 15) is 13.5 Å². The van der Waals surface area contributed by atoms with Gasteiger partial charge in [0.25, 0.3) is 0 Å². The summed E-state index contributed by atoms with van der Waals surface area (Å²) < 4.78 is 23.1. The third-order valence-corrected chi connectivity index (χ3v) is 4.16. The fourth-order valence-corrected chi connectivity index (χ4v) is 2.15. The molecule has 0 amide bonds. The van der Waals surface area contributed by atoms with E-state index in [0.29, 0.717) is 11.4 Å².